The van der Waals surface area contributed by atoms with E-state index in [1.807, 2.05) is 38.1 Å². The van der Waals surface area contributed by atoms with E-state index in [1.54, 1.807) is 12.1 Å². The summed E-state index contributed by atoms with van der Waals surface area (Å²) in [6, 6.07) is 18.0. The van der Waals surface area contributed by atoms with E-state index in [1.165, 1.54) is 30.7 Å². The van der Waals surface area contributed by atoms with Gasteiger partial charge in [0.1, 0.15) is 5.82 Å². The maximum absolute atomic E-state index is 13.0. The van der Waals surface area contributed by atoms with Crippen molar-refractivity contribution >= 4 is 28.4 Å². The molecule has 4 rings (SSSR count). The molecule has 0 radical (unpaired) electrons. The smallest absolute Gasteiger partial charge is 0.123 e. The van der Waals surface area contributed by atoms with Gasteiger partial charge in [0.25, 0.3) is 0 Å². The monoisotopic (exact) mass is 401 g/mol. The number of aryl methyl sites for hydroxylation is 2. The summed E-state index contributed by atoms with van der Waals surface area (Å²) in [7, 11) is 0. The summed E-state index contributed by atoms with van der Waals surface area (Å²) in [5, 5.41) is 17.3. The van der Waals surface area contributed by atoms with Crippen LogP contribution in [0.25, 0.3) is 0 Å². The van der Waals surface area contributed by atoms with Crippen LogP contribution in [0.5, 0.6) is 0 Å². The number of nitrogens with zero attached hydrogens (tertiary/aromatic N) is 5. The Morgan fingerprint density at radius 1 is 0.667 bits per heavy atom. The van der Waals surface area contributed by atoms with Crippen molar-refractivity contribution in [2.45, 2.75) is 26.7 Å². The molecule has 1 fully saturated rings. The molecule has 1 heterocycles. The molecule has 1 saturated heterocycles. The second kappa shape index (κ2) is 8.95. The lowest BCUT2D eigenvalue weighted by Crippen LogP contribution is -2.17. The third-order valence-corrected chi connectivity index (χ3v) is 5.17. The van der Waals surface area contributed by atoms with Crippen LogP contribution in [0.4, 0.5) is 32.8 Å². The Bertz CT molecular complexity index is 1040. The van der Waals surface area contributed by atoms with Gasteiger partial charge in [0.05, 0.1) is 22.7 Å². The van der Waals surface area contributed by atoms with Crippen LogP contribution in [0.3, 0.4) is 0 Å². The molecule has 30 heavy (non-hydrogen) atoms. The highest BCUT2D eigenvalue weighted by atomic mass is 19.1. The van der Waals surface area contributed by atoms with Crippen LogP contribution in [-0.4, -0.2) is 13.1 Å². The first-order valence-electron chi connectivity index (χ1n) is 10.1. The molecule has 5 nitrogen and oxygen atoms in total. The van der Waals surface area contributed by atoms with Crippen LogP contribution in [0, 0.1) is 19.7 Å². The summed E-state index contributed by atoms with van der Waals surface area (Å²) >= 11 is 0. The number of azo groups is 2. The van der Waals surface area contributed by atoms with Crippen LogP contribution in [0.1, 0.15) is 24.0 Å². The summed E-state index contributed by atoms with van der Waals surface area (Å²) in [6.07, 6.45) is 2.53. The fraction of sp³-hybridized carbons (Fsp3) is 0.250. The van der Waals surface area contributed by atoms with E-state index in [0.717, 1.165) is 41.3 Å². The van der Waals surface area contributed by atoms with Crippen LogP contribution in [0.2, 0.25) is 0 Å². The fourth-order valence-electron chi connectivity index (χ4n) is 3.58. The molecule has 3 aromatic rings. The van der Waals surface area contributed by atoms with E-state index in [0.29, 0.717) is 5.69 Å². The van der Waals surface area contributed by atoms with Crippen molar-refractivity contribution < 1.29 is 4.39 Å². The molecule has 1 aliphatic heterocycles. The van der Waals surface area contributed by atoms with Gasteiger partial charge in [-0.2, -0.15) is 20.5 Å². The number of benzene rings is 3. The quantitative estimate of drug-likeness (QED) is 0.401. The van der Waals surface area contributed by atoms with E-state index in [9.17, 15) is 4.39 Å². The van der Waals surface area contributed by atoms with Gasteiger partial charge in [0.2, 0.25) is 0 Å². The Morgan fingerprint density at radius 3 is 1.77 bits per heavy atom. The summed E-state index contributed by atoms with van der Waals surface area (Å²) in [4.78, 5) is 2.40. The Kier molecular flexibility index (Phi) is 5.93. The maximum atomic E-state index is 13.0. The molecule has 0 amide bonds. The van der Waals surface area contributed by atoms with E-state index in [-0.39, 0.29) is 5.82 Å². The lowest BCUT2D eigenvalue weighted by molar-refractivity contribution is 0.628. The van der Waals surface area contributed by atoms with Gasteiger partial charge >= 0.3 is 0 Å². The van der Waals surface area contributed by atoms with Crippen LogP contribution < -0.4 is 4.90 Å². The molecule has 0 aromatic heterocycles. The molecule has 0 spiro atoms. The molecule has 0 unspecified atom stereocenters. The summed E-state index contributed by atoms with van der Waals surface area (Å²) in [6.45, 7) is 6.22. The number of anilines is 1. The largest absolute Gasteiger partial charge is 0.372 e. The number of hydrogen-bond acceptors (Lipinski definition) is 5. The zero-order chi connectivity index (χ0) is 20.9. The van der Waals surface area contributed by atoms with Gasteiger partial charge in [0, 0.05) is 18.8 Å². The Hall–Kier alpha value is -3.41. The van der Waals surface area contributed by atoms with Crippen molar-refractivity contribution in [1.29, 1.82) is 0 Å². The van der Waals surface area contributed by atoms with Crippen LogP contribution in [-0.2, 0) is 0 Å². The average Bonchev–Trinajstić information content (AvgIpc) is 3.28. The SMILES string of the molecule is Cc1cc(/N=N/c2ccc(F)cc2)cc(C)c1/N=N/c1ccc(N2CCCC2)cc1. The van der Waals surface area contributed by atoms with Crippen molar-refractivity contribution in [2.75, 3.05) is 18.0 Å². The van der Waals surface area contributed by atoms with Crippen molar-refractivity contribution in [2.24, 2.45) is 20.5 Å². The average molecular weight is 401 g/mol. The number of rotatable bonds is 5. The molecule has 0 bridgehead atoms. The zero-order valence-electron chi connectivity index (χ0n) is 17.2. The van der Waals surface area contributed by atoms with Gasteiger partial charge in [0.15, 0.2) is 0 Å². The highest BCUT2D eigenvalue weighted by molar-refractivity contribution is 5.60. The molecule has 152 valence electrons. The predicted octanol–water partition coefficient (Wildman–Crippen LogP) is 7.87. The normalized spacial score (nSPS) is 14.3. The van der Waals surface area contributed by atoms with E-state index >= 15 is 0 Å². The van der Waals surface area contributed by atoms with E-state index in [2.05, 4.69) is 37.5 Å². The first-order chi connectivity index (χ1) is 14.6. The Balaban J connectivity index is 1.48. The molecule has 3 aromatic carbocycles. The lowest BCUT2D eigenvalue weighted by atomic mass is 10.1. The van der Waals surface area contributed by atoms with Crippen LogP contribution in [0.15, 0.2) is 81.1 Å². The van der Waals surface area contributed by atoms with E-state index < -0.39 is 0 Å². The molecule has 0 aliphatic carbocycles. The van der Waals surface area contributed by atoms with Crippen LogP contribution >= 0.6 is 0 Å². The minimum absolute atomic E-state index is 0.291. The molecule has 0 atom stereocenters. The molecule has 0 saturated carbocycles. The first kappa shape index (κ1) is 19.9. The third-order valence-electron chi connectivity index (χ3n) is 5.17. The molecular formula is C24H24FN5. The summed E-state index contributed by atoms with van der Waals surface area (Å²) in [5.74, 6) is -0.291. The zero-order valence-corrected chi connectivity index (χ0v) is 17.2. The predicted molar refractivity (Wildman–Crippen MR) is 119 cm³/mol. The standard InChI is InChI=1S/C24H24FN5/c1-17-15-22(28-26-20-7-5-19(25)6-8-20)16-18(2)24(17)29-27-21-9-11-23(12-10-21)30-13-3-4-14-30/h5-12,15-16H,3-4,13-14H2,1-2H3/b28-26+,29-27+. The Labute approximate surface area is 176 Å². The van der Waals surface area contributed by atoms with Crippen molar-refractivity contribution in [3.63, 3.8) is 0 Å². The van der Waals surface area contributed by atoms with Gasteiger partial charge in [-0.3, -0.25) is 0 Å². The first-order valence-corrected chi connectivity index (χ1v) is 10.1. The number of halogens is 1. The van der Waals surface area contributed by atoms with Gasteiger partial charge in [-0.05, 0) is 98.5 Å². The Morgan fingerprint density at radius 2 is 1.17 bits per heavy atom. The highest BCUT2D eigenvalue weighted by Crippen LogP contribution is 2.32. The highest BCUT2D eigenvalue weighted by Gasteiger charge is 2.11. The molecule has 1 aliphatic rings. The molecule has 0 N–H and O–H groups in total. The minimum Gasteiger partial charge on any atom is -0.372 e. The van der Waals surface area contributed by atoms with Gasteiger partial charge in [-0.15, -0.1) is 0 Å². The van der Waals surface area contributed by atoms with Crippen molar-refractivity contribution in [3.05, 3.63) is 77.6 Å². The van der Waals surface area contributed by atoms with Gasteiger partial charge < -0.3 is 4.90 Å². The lowest BCUT2D eigenvalue weighted by Gasteiger charge is -2.17. The van der Waals surface area contributed by atoms with Crippen molar-refractivity contribution in [1.82, 2.24) is 0 Å². The van der Waals surface area contributed by atoms with Gasteiger partial charge in [-0.25, -0.2) is 4.39 Å². The molecular weight excluding hydrogens is 377 g/mol. The van der Waals surface area contributed by atoms with E-state index in [4.69, 9.17) is 0 Å². The summed E-state index contributed by atoms with van der Waals surface area (Å²) < 4.78 is 13.0. The summed E-state index contributed by atoms with van der Waals surface area (Å²) in [5.41, 5.74) is 6.18. The minimum atomic E-state index is -0.291. The third kappa shape index (κ3) is 4.76. The second-order valence-electron chi connectivity index (χ2n) is 7.52. The van der Waals surface area contributed by atoms with Crippen molar-refractivity contribution in [3.8, 4) is 0 Å². The maximum Gasteiger partial charge on any atom is 0.123 e. The fourth-order valence-corrected chi connectivity index (χ4v) is 3.58. The molecule has 6 heteroatoms. The van der Waals surface area contributed by atoms with Gasteiger partial charge in [-0.1, -0.05) is 0 Å². The second-order valence-corrected chi connectivity index (χ2v) is 7.52. The number of hydrogen-bond donors (Lipinski definition) is 0. The topological polar surface area (TPSA) is 52.7 Å².